The van der Waals surface area contributed by atoms with Crippen LogP contribution in [0, 0.1) is 11.8 Å². The minimum Gasteiger partial charge on any atom is -0.460 e. The van der Waals surface area contributed by atoms with Gasteiger partial charge >= 0.3 is 12.1 Å². The topological polar surface area (TPSA) is 81.9 Å². The van der Waals surface area contributed by atoms with Crippen molar-refractivity contribution in [3.05, 3.63) is 21.9 Å². The summed E-state index contributed by atoms with van der Waals surface area (Å²) in [5, 5.41) is 2.06. The lowest BCUT2D eigenvalue weighted by atomic mass is 9.86. The summed E-state index contributed by atoms with van der Waals surface area (Å²) >= 11 is 1.61. The summed E-state index contributed by atoms with van der Waals surface area (Å²) in [7, 11) is 0. The highest BCUT2D eigenvalue weighted by Gasteiger charge is 2.39. The van der Waals surface area contributed by atoms with E-state index in [4.69, 9.17) is 15.2 Å². The van der Waals surface area contributed by atoms with E-state index < -0.39 is 11.2 Å². The molecular formula is C21H34N2O4S. The zero-order valence-electron chi connectivity index (χ0n) is 17.9. The Hall–Kier alpha value is -1.60. The number of amides is 1. The van der Waals surface area contributed by atoms with Crippen LogP contribution in [-0.2, 0) is 27.2 Å². The van der Waals surface area contributed by atoms with Gasteiger partial charge in [-0.1, -0.05) is 0 Å². The van der Waals surface area contributed by atoms with E-state index >= 15 is 0 Å². The molecule has 1 aliphatic rings. The van der Waals surface area contributed by atoms with Crippen molar-refractivity contribution in [2.24, 2.45) is 17.6 Å². The van der Waals surface area contributed by atoms with Gasteiger partial charge in [-0.25, -0.2) is 4.79 Å². The van der Waals surface area contributed by atoms with Gasteiger partial charge in [-0.3, -0.25) is 4.79 Å². The average Bonchev–Trinajstić information content (AvgIpc) is 3.18. The van der Waals surface area contributed by atoms with E-state index in [0.717, 1.165) is 16.9 Å². The second-order valence-corrected chi connectivity index (χ2v) is 10.4. The lowest BCUT2D eigenvalue weighted by Gasteiger charge is -2.28. The molecule has 0 radical (unpaired) electrons. The molecule has 0 aromatic carbocycles. The molecule has 2 N–H and O–H groups in total. The average molecular weight is 411 g/mol. The fourth-order valence-electron chi connectivity index (χ4n) is 3.32. The molecule has 1 aromatic rings. The first kappa shape index (κ1) is 22.7. The highest BCUT2D eigenvalue weighted by molar-refractivity contribution is 7.10. The molecule has 7 heteroatoms. The van der Waals surface area contributed by atoms with Gasteiger partial charge in [0.05, 0.1) is 5.92 Å². The van der Waals surface area contributed by atoms with Crippen LogP contribution in [0.2, 0.25) is 0 Å². The van der Waals surface area contributed by atoms with E-state index in [9.17, 15) is 9.59 Å². The number of hydrogen-bond donors (Lipinski definition) is 1. The van der Waals surface area contributed by atoms with Gasteiger partial charge < -0.3 is 20.1 Å². The molecular weight excluding hydrogens is 376 g/mol. The van der Waals surface area contributed by atoms with Crippen molar-refractivity contribution in [2.75, 3.05) is 13.1 Å². The second kappa shape index (κ2) is 8.82. The van der Waals surface area contributed by atoms with Crippen molar-refractivity contribution in [1.29, 1.82) is 0 Å². The standard InChI is InChI=1S/C21H34N2O4S/c1-20(2,3)26-18(24)17(10-14-9-16(11-22)28-13-14)15-7-8-23(12-15)19(25)27-21(4,5)6/h9,13,15,17H,7-8,10-12,22H2,1-6H3/t15-,17-/m0/s1. The Kier molecular flexibility index (Phi) is 7.15. The first-order valence-corrected chi connectivity index (χ1v) is 10.7. The SMILES string of the molecule is CC(C)(C)OC(=O)[C@@H](Cc1csc(CN)c1)[C@H]1CCN(C(=O)OC(C)(C)C)C1. The van der Waals surface area contributed by atoms with E-state index in [2.05, 4.69) is 11.4 Å². The maximum absolute atomic E-state index is 13.0. The molecule has 0 unspecified atom stereocenters. The van der Waals surface area contributed by atoms with Crippen LogP contribution in [0.4, 0.5) is 4.79 Å². The summed E-state index contributed by atoms with van der Waals surface area (Å²) in [5.74, 6) is -0.459. The zero-order valence-corrected chi connectivity index (χ0v) is 18.7. The fraction of sp³-hybridized carbons (Fsp3) is 0.714. The Morgan fingerprint density at radius 3 is 2.39 bits per heavy atom. The Balaban J connectivity index is 2.12. The normalized spacial score (nSPS) is 18.8. The molecule has 2 rings (SSSR count). The number of hydrogen-bond acceptors (Lipinski definition) is 6. The summed E-state index contributed by atoms with van der Waals surface area (Å²) in [6.07, 6.45) is 1.04. The van der Waals surface area contributed by atoms with E-state index in [-0.39, 0.29) is 23.9 Å². The van der Waals surface area contributed by atoms with Gasteiger partial charge in [-0.05, 0) is 77.3 Å². The molecule has 158 valence electrons. The van der Waals surface area contributed by atoms with Crippen molar-refractivity contribution in [3.63, 3.8) is 0 Å². The van der Waals surface area contributed by atoms with Crippen LogP contribution in [0.1, 0.15) is 58.4 Å². The van der Waals surface area contributed by atoms with Crippen molar-refractivity contribution in [1.82, 2.24) is 4.90 Å². The number of nitrogens with zero attached hydrogens (tertiary/aromatic N) is 1. The molecule has 0 saturated carbocycles. The van der Waals surface area contributed by atoms with Crippen molar-refractivity contribution < 1.29 is 19.1 Å². The van der Waals surface area contributed by atoms with Gasteiger partial charge in [0.15, 0.2) is 0 Å². The molecule has 6 nitrogen and oxygen atoms in total. The number of ether oxygens (including phenoxy) is 2. The number of thiophene rings is 1. The van der Waals surface area contributed by atoms with E-state index in [0.29, 0.717) is 26.1 Å². The second-order valence-electron chi connectivity index (χ2n) is 9.44. The first-order chi connectivity index (χ1) is 12.9. The number of esters is 1. The summed E-state index contributed by atoms with van der Waals surface area (Å²) in [5.41, 5.74) is 5.74. The van der Waals surface area contributed by atoms with Crippen LogP contribution in [0.5, 0.6) is 0 Å². The third kappa shape index (κ3) is 6.78. The summed E-state index contributed by atoms with van der Waals surface area (Å²) in [6.45, 7) is 12.8. The first-order valence-electron chi connectivity index (χ1n) is 9.85. The highest BCUT2D eigenvalue weighted by atomic mass is 32.1. The van der Waals surface area contributed by atoms with Gasteiger partial charge in [0.2, 0.25) is 0 Å². The molecule has 1 fully saturated rings. The lowest BCUT2D eigenvalue weighted by Crippen LogP contribution is -2.38. The third-order valence-corrected chi connectivity index (χ3v) is 5.53. The number of carbonyl (C=O) groups excluding carboxylic acids is 2. The monoisotopic (exact) mass is 410 g/mol. The van der Waals surface area contributed by atoms with Gasteiger partial charge in [0.1, 0.15) is 11.2 Å². The maximum Gasteiger partial charge on any atom is 0.410 e. The molecule has 1 aliphatic heterocycles. The van der Waals surface area contributed by atoms with Crippen LogP contribution in [-0.4, -0.2) is 41.3 Å². The van der Waals surface area contributed by atoms with Crippen molar-refractivity contribution in [2.45, 2.75) is 72.1 Å². The molecule has 1 aromatic heterocycles. The summed E-state index contributed by atoms with van der Waals surface area (Å²) < 4.78 is 11.2. The Bertz CT molecular complexity index is 687. The molecule has 2 heterocycles. The van der Waals surface area contributed by atoms with Crippen LogP contribution in [0.25, 0.3) is 0 Å². The smallest absolute Gasteiger partial charge is 0.410 e. The van der Waals surface area contributed by atoms with Crippen LogP contribution in [0.15, 0.2) is 11.4 Å². The minimum absolute atomic E-state index is 0.0450. The van der Waals surface area contributed by atoms with Gasteiger partial charge in [-0.15, -0.1) is 11.3 Å². The largest absolute Gasteiger partial charge is 0.460 e. The van der Waals surface area contributed by atoms with E-state index in [1.165, 1.54) is 0 Å². The predicted octanol–water partition coefficient (Wildman–Crippen LogP) is 3.96. The van der Waals surface area contributed by atoms with Gasteiger partial charge in [0.25, 0.3) is 0 Å². The fourth-order valence-corrected chi connectivity index (χ4v) is 4.10. The quantitative estimate of drug-likeness (QED) is 0.743. The van der Waals surface area contributed by atoms with Crippen LogP contribution >= 0.6 is 11.3 Å². The van der Waals surface area contributed by atoms with Crippen LogP contribution < -0.4 is 5.73 Å². The third-order valence-electron chi connectivity index (χ3n) is 4.52. The summed E-state index contributed by atoms with van der Waals surface area (Å²) in [4.78, 5) is 28.2. The van der Waals surface area contributed by atoms with E-state index in [1.54, 1.807) is 16.2 Å². The minimum atomic E-state index is -0.546. The molecule has 28 heavy (non-hydrogen) atoms. The van der Waals surface area contributed by atoms with Gasteiger partial charge in [0, 0.05) is 24.5 Å². The van der Waals surface area contributed by atoms with Gasteiger partial charge in [-0.2, -0.15) is 0 Å². The Morgan fingerprint density at radius 2 is 1.86 bits per heavy atom. The number of carbonyl (C=O) groups is 2. The number of nitrogens with two attached hydrogens (primary N) is 1. The maximum atomic E-state index is 13.0. The molecule has 0 aliphatic carbocycles. The Labute approximate surface area is 172 Å². The number of likely N-dealkylation sites (tertiary alicyclic amines) is 1. The molecule has 0 spiro atoms. The van der Waals surface area contributed by atoms with Crippen LogP contribution in [0.3, 0.4) is 0 Å². The zero-order chi connectivity index (χ0) is 21.1. The highest BCUT2D eigenvalue weighted by Crippen LogP contribution is 2.31. The Morgan fingerprint density at radius 1 is 1.21 bits per heavy atom. The molecule has 0 bridgehead atoms. The summed E-state index contributed by atoms with van der Waals surface area (Å²) in [6, 6.07) is 2.06. The van der Waals surface area contributed by atoms with Crippen molar-refractivity contribution in [3.8, 4) is 0 Å². The van der Waals surface area contributed by atoms with Crippen molar-refractivity contribution >= 4 is 23.4 Å². The van der Waals surface area contributed by atoms with E-state index in [1.807, 2.05) is 41.5 Å². The predicted molar refractivity (Wildman–Crippen MR) is 111 cm³/mol. The number of rotatable bonds is 5. The molecule has 1 saturated heterocycles. The molecule has 2 atom stereocenters. The molecule has 1 amide bonds. The lowest BCUT2D eigenvalue weighted by molar-refractivity contribution is -0.161.